The lowest BCUT2D eigenvalue weighted by Crippen LogP contribution is -2.40. The summed E-state index contributed by atoms with van der Waals surface area (Å²) >= 11 is 0. The molecule has 0 saturated carbocycles. The highest BCUT2D eigenvalue weighted by molar-refractivity contribution is 5.95. The number of amides is 1. The second-order valence-corrected chi connectivity index (χ2v) is 6.74. The molecule has 3 nitrogen and oxygen atoms in total. The molecule has 0 aliphatic carbocycles. The van der Waals surface area contributed by atoms with Crippen molar-refractivity contribution in [1.82, 2.24) is 10.3 Å². The Balaban J connectivity index is 1.77. The maximum Gasteiger partial charge on any atom is 0.251 e. The highest BCUT2D eigenvalue weighted by atomic mass is 16.1. The Bertz CT molecular complexity index is 868. The van der Waals surface area contributed by atoms with Gasteiger partial charge in [0.2, 0.25) is 0 Å². The van der Waals surface area contributed by atoms with Crippen LogP contribution in [0.4, 0.5) is 0 Å². The van der Waals surface area contributed by atoms with Crippen LogP contribution in [0.15, 0.2) is 72.9 Å². The van der Waals surface area contributed by atoms with Gasteiger partial charge in [0.1, 0.15) is 0 Å². The van der Waals surface area contributed by atoms with E-state index in [1.165, 1.54) is 0 Å². The molecule has 1 N–H and O–H groups in total. The van der Waals surface area contributed by atoms with Crippen LogP contribution in [0.25, 0.3) is 11.3 Å². The van der Waals surface area contributed by atoms with Gasteiger partial charge in [-0.15, -0.1) is 0 Å². The fourth-order valence-electron chi connectivity index (χ4n) is 2.77. The van der Waals surface area contributed by atoms with E-state index in [-0.39, 0.29) is 5.91 Å². The van der Waals surface area contributed by atoms with Crippen molar-refractivity contribution in [1.29, 1.82) is 0 Å². The quantitative estimate of drug-likeness (QED) is 0.752. The molecule has 0 atom stereocenters. The number of nitrogens with zero attached hydrogens (tertiary/aromatic N) is 1. The van der Waals surface area contributed by atoms with Crippen molar-refractivity contribution in [3.05, 3.63) is 89.6 Å². The molecule has 0 bridgehead atoms. The average Bonchev–Trinajstić information content (AvgIpc) is 2.62. The van der Waals surface area contributed by atoms with E-state index >= 15 is 0 Å². The minimum atomic E-state index is -0.435. The summed E-state index contributed by atoms with van der Waals surface area (Å²) in [6.07, 6.45) is 1.80. The normalized spacial score (nSPS) is 11.2. The Morgan fingerprint density at radius 1 is 0.960 bits per heavy atom. The van der Waals surface area contributed by atoms with Crippen LogP contribution >= 0.6 is 0 Å². The number of pyridine rings is 1. The minimum Gasteiger partial charge on any atom is -0.343 e. The number of carbonyl (C=O) groups excluding carboxylic acids is 1. The molecule has 2 aromatic carbocycles. The Kier molecular flexibility index (Phi) is 4.66. The van der Waals surface area contributed by atoms with Crippen molar-refractivity contribution in [3.8, 4) is 11.3 Å². The number of rotatable bonds is 4. The van der Waals surface area contributed by atoms with Gasteiger partial charge in [0.25, 0.3) is 5.91 Å². The topological polar surface area (TPSA) is 42.0 Å². The predicted octanol–water partition coefficient (Wildman–Crippen LogP) is 4.72. The van der Waals surface area contributed by atoms with Gasteiger partial charge in [0, 0.05) is 17.3 Å². The molecule has 25 heavy (non-hydrogen) atoms. The van der Waals surface area contributed by atoms with Crippen molar-refractivity contribution in [2.75, 3.05) is 0 Å². The molecule has 0 spiro atoms. The maximum absolute atomic E-state index is 12.6. The molecular weight excluding hydrogens is 308 g/mol. The SMILES string of the molecule is Cc1ccnc(-c2ccc(C(=O)NC(C)(C)c3ccccc3)cc2)c1. The molecule has 1 aromatic heterocycles. The van der Waals surface area contributed by atoms with E-state index in [1.54, 1.807) is 6.20 Å². The van der Waals surface area contributed by atoms with Crippen LogP contribution in [-0.2, 0) is 5.54 Å². The third-order valence-electron chi connectivity index (χ3n) is 4.28. The smallest absolute Gasteiger partial charge is 0.251 e. The lowest BCUT2D eigenvalue weighted by molar-refractivity contribution is 0.0912. The van der Waals surface area contributed by atoms with Crippen LogP contribution in [0.5, 0.6) is 0 Å². The van der Waals surface area contributed by atoms with Crippen LogP contribution < -0.4 is 5.32 Å². The highest BCUT2D eigenvalue weighted by Gasteiger charge is 2.23. The van der Waals surface area contributed by atoms with Gasteiger partial charge in [-0.3, -0.25) is 9.78 Å². The second-order valence-electron chi connectivity index (χ2n) is 6.74. The summed E-state index contributed by atoms with van der Waals surface area (Å²) in [6.45, 7) is 6.05. The Morgan fingerprint density at radius 3 is 2.28 bits per heavy atom. The number of aromatic nitrogens is 1. The van der Waals surface area contributed by atoms with E-state index in [9.17, 15) is 4.79 Å². The summed E-state index contributed by atoms with van der Waals surface area (Å²) in [7, 11) is 0. The van der Waals surface area contributed by atoms with Crippen molar-refractivity contribution >= 4 is 5.91 Å². The van der Waals surface area contributed by atoms with E-state index in [0.717, 1.165) is 22.4 Å². The summed E-state index contributed by atoms with van der Waals surface area (Å²) in [5, 5.41) is 3.10. The fourth-order valence-corrected chi connectivity index (χ4v) is 2.77. The number of benzene rings is 2. The molecule has 3 aromatic rings. The standard InChI is InChI=1S/C22H22N2O/c1-16-13-14-23-20(15-16)17-9-11-18(12-10-17)21(25)24-22(2,3)19-7-5-4-6-8-19/h4-15H,1-3H3,(H,24,25). The highest BCUT2D eigenvalue weighted by Crippen LogP contribution is 2.22. The van der Waals surface area contributed by atoms with E-state index in [4.69, 9.17) is 0 Å². The molecule has 3 rings (SSSR count). The number of hydrogen-bond acceptors (Lipinski definition) is 2. The third kappa shape index (κ3) is 3.94. The van der Waals surface area contributed by atoms with E-state index in [2.05, 4.69) is 10.3 Å². The third-order valence-corrected chi connectivity index (χ3v) is 4.28. The zero-order chi connectivity index (χ0) is 17.9. The molecule has 0 aliphatic rings. The number of nitrogens with one attached hydrogen (secondary N) is 1. The van der Waals surface area contributed by atoms with Gasteiger partial charge in [0.05, 0.1) is 11.2 Å². The summed E-state index contributed by atoms with van der Waals surface area (Å²) < 4.78 is 0. The molecule has 0 aliphatic heterocycles. The summed E-state index contributed by atoms with van der Waals surface area (Å²) in [4.78, 5) is 17.0. The van der Waals surface area contributed by atoms with Crippen LogP contribution in [0.3, 0.4) is 0 Å². The first kappa shape index (κ1) is 16.9. The summed E-state index contributed by atoms with van der Waals surface area (Å²) in [6, 6.07) is 21.5. The van der Waals surface area contributed by atoms with Gasteiger partial charge in [-0.2, -0.15) is 0 Å². The van der Waals surface area contributed by atoms with Crippen molar-refractivity contribution in [3.63, 3.8) is 0 Å². The average molecular weight is 330 g/mol. The van der Waals surface area contributed by atoms with Crippen molar-refractivity contribution in [2.45, 2.75) is 26.3 Å². The predicted molar refractivity (Wildman–Crippen MR) is 101 cm³/mol. The van der Waals surface area contributed by atoms with E-state index in [1.807, 2.05) is 87.5 Å². The van der Waals surface area contributed by atoms with Gasteiger partial charge in [-0.05, 0) is 56.2 Å². The number of hydrogen-bond donors (Lipinski definition) is 1. The van der Waals surface area contributed by atoms with Crippen LogP contribution in [0.2, 0.25) is 0 Å². The Morgan fingerprint density at radius 2 is 1.64 bits per heavy atom. The molecule has 0 unspecified atom stereocenters. The first-order chi connectivity index (χ1) is 12.0. The first-order valence-electron chi connectivity index (χ1n) is 8.37. The van der Waals surface area contributed by atoms with Gasteiger partial charge in [-0.25, -0.2) is 0 Å². The van der Waals surface area contributed by atoms with Gasteiger partial charge in [0.15, 0.2) is 0 Å². The zero-order valence-corrected chi connectivity index (χ0v) is 14.8. The largest absolute Gasteiger partial charge is 0.343 e. The number of aryl methyl sites for hydroxylation is 1. The fraction of sp³-hybridized carbons (Fsp3) is 0.182. The lowest BCUT2D eigenvalue weighted by Gasteiger charge is -2.27. The second kappa shape index (κ2) is 6.89. The van der Waals surface area contributed by atoms with E-state index < -0.39 is 5.54 Å². The Labute approximate surface area is 148 Å². The van der Waals surface area contributed by atoms with Gasteiger partial charge in [-0.1, -0.05) is 42.5 Å². The molecule has 0 fully saturated rings. The van der Waals surface area contributed by atoms with Crippen LogP contribution in [0.1, 0.15) is 35.3 Å². The van der Waals surface area contributed by atoms with Crippen LogP contribution in [-0.4, -0.2) is 10.9 Å². The maximum atomic E-state index is 12.6. The molecule has 0 saturated heterocycles. The Hall–Kier alpha value is -2.94. The molecule has 126 valence electrons. The van der Waals surface area contributed by atoms with Gasteiger partial charge >= 0.3 is 0 Å². The van der Waals surface area contributed by atoms with Gasteiger partial charge < -0.3 is 5.32 Å². The summed E-state index contributed by atoms with van der Waals surface area (Å²) in [5.74, 6) is -0.0856. The minimum absolute atomic E-state index is 0.0856. The number of carbonyl (C=O) groups is 1. The lowest BCUT2D eigenvalue weighted by atomic mass is 9.94. The van der Waals surface area contributed by atoms with Crippen LogP contribution in [0, 0.1) is 6.92 Å². The molecule has 1 heterocycles. The molecule has 3 heteroatoms. The summed E-state index contributed by atoms with van der Waals surface area (Å²) in [5.41, 5.74) is 4.36. The monoisotopic (exact) mass is 330 g/mol. The van der Waals surface area contributed by atoms with Crippen molar-refractivity contribution < 1.29 is 4.79 Å². The molecule has 0 radical (unpaired) electrons. The van der Waals surface area contributed by atoms with Crippen molar-refractivity contribution in [2.24, 2.45) is 0 Å². The molecular formula is C22H22N2O. The molecule has 1 amide bonds. The zero-order valence-electron chi connectivity index (χ0n) is 14.8. The van der Waals surface area contributed by atoms with E-state index in [0.29, 0.717) is 5.56 Å². The first-order valence-corrected chi connectivity index (χ1v) is 8.37.